The van der Waals surface area contributed by atoms with Crippen molar-refractivity contribution < 1.29 is 19.4 Å². The minimum atomic E-state index is -1.02. The van der Waals surface area contributed by atoms with Gasteiger partial charge in [0, 0.05) is 11.6 Å². The van der Waals surface area contributed by atoms with Gasteiger partial charge in [0.25, 0.3) is 5.91 Å². The summed E-state index contributed by atoms with van der Waals surface area (Å²) >= 11 is 0. The number of ether oxygens (including phenoxy) is 1. The van der Waals surface area contributed by atoms with E-state index in [2.05, 4.69) is 12.2 Å². The van der Waals surface area contributed by atoms with Crippen LogP contribution in [0.15, 0.2) is 12.1 Å². The monoisotopic (exact) mass is 305 g/mol. The zero-order chi connectivity index (χ0) is 16.3. The number of aliphatic carboxylic acids is 1. The minimum absolute atomic E-state index is 0.0698. The summed E-state index contributed by atoms with van der Waals surface area (Å²) in [4.78, 5) is 22.9. The predicted molar refractivity (Wildman–Crippen MR) is 83.3 cm³/mol. The molecule has 1 aliphatic carbocycles. The Kier molecular flexibility index (Phi) is 5.06. The fraction of sp³-hybridized carbons (Fsp3) is 0.529. The Morgan fingerprint density at radius 1 is 1.32 bits per heavy atom. The SMILES string of the molecule is CCCC1CC1NC(=O)c1cc(C)c(OCC(=O)O)c(C)c1. The summed E-state index contributed by atoms with van der Waals surface area (Å²) in [6.45, 7) is 5.41. The minimum Gasteiger partial charge on any atom is -0.481 e. The van der Waals surface area contributed by atoms with E-state index in [4.69, 9.17) is 9.84 Å². The molecular weight excluding hydrogens is 282 g/mol. The third-order valence-corrected chi connectivity index (χ3v) is 3.96. The highest BCUT2D eigenvalue weighted by Crippen LogP contribution is 2.35. The van der Waals surface area contributed by atoms with Gasteiger partial charge in [-0.05, 0) is 55.9 Å². The fourth-order valence-electron chi connectivity index (χ4n) is 2.81. The van der Waals surface area contributed by atoms with Gasteiger partial charge in [0.2, 0.25) is 0 Å². The van der Waals surface area contributed by atoms with Crippen molar-refractivity contribution in [1.29, 1.82) is 0 Å². The number of rotatable bonds is 7. The lowest BCUT2D eigenvalue weighted by atomic mass is 10.0. The molecule has 0 spiro atoms. The first kappa shape index (κ1) is 16.3. The van der Waals surface area contributed by atoms with Crippen LogP contribution in [0.5, 0.6) is 5.75 Å². The smallest absolute Gasteiger partial charge is 0.341 e. The molecule has 120 valence electrons. The van der Waals surface area contributed by atoms with Crippen molar-refractivity contribution >= 4 is 11.9 Å². The van der Waals surface area contributed by atoms with Crippen LogP contribution in [0.2, 0.25) is 0 Å². The summed E-state index contributed by atoms with van der Waals surface area (Å²) in [6, 6.07) is 3.80. The number of carboxylic acids is 1. The molecule has 0 aromatic heterocycles. The molecule has 1 fully saturated rings. The molecule has 1 saturated carbocycles. The number of nitrogens with one attached hydrogen (secondary N) is 1. The molecule has 2 N–H and O–H groups in total. The summed E-state index contributed by atoms with van der Waals surface area (Å²) in [6.07, 6.45) is 3.37. The van der Waals surface area contributed by atoms with Gasteiger partial charge >= 0.3 is 5.97 Å². The zero-order valence-corrected chi connectivity index (χ0v) is 13.3. The molecule has 0 radical (unpaired) electrons. The highest BCUT2D eigenvalue weighted by Gasteiger charge is 2.37. The maximum Gasteiger partial charge on any atom is 0.341 e. The lowest BCUT2D eigenvalue weighted by molar-refractivity contribution is -0.139. The second kappa shape index (κ2) is 6.81. The molecule has 1 aromatic rings. The Morgan fingerprint density at radius 3 is 2.50 bits per heavy atom. The molecule has 1 amide bonds. The largest absolute Gasteiger partial charge is 0.481 e. The van der Waals surface area contributed by atoms with Crippen LogP contribution in [0.25, 0.3) is 0 Å². The number of carboxylic acid groups (broad SMARTS) is 1. The Hall–Kier alpha value is -2.04. The molecule has 1 aliphatic rings. The van der Waals surface area contributed by atoms with Crippen LogP contribution < -0.4 is 10.1 Å². The first-order valence-electron chi connectivity index (χ1n) is 7.69. The number of hydrogen-bond acceptors (Lipinski definition) is 3. The maximum absolute atomic E-state index is 12.3. The molecule has 2 atom stereocenters. The number of benzene rings is 1. The number of aryl methyl sites for hydroxylation is 2. The van der Waals surface area contributed by atoms with E-state index in [-0.39, 0.29) is 12.5 Å². The van der Waals surface area contributed by atoms with Crippen molar-refractivity contribution in [2.24, 2.45) is 5.92 Å². The molecule has 22 heavy (non-hydrogen) atoms. The van der Waals surface area contributed by atoms with Crippen molar-refractivity contribution in [2.75, 3.05) is 6.61 Å². The normalized spacial score (nSPS) is 19.6. The van der Waals surface area contributed by atoms with Crippen molar-refractivity contribution in [1.82, 2.24) is 5.32 Å². The van der Waals surface area contributed by atoms with Gasteiger partial charge in [0.15, 0.2) is 6.61 Å². The lowest BCUT2D eigenvalue weighted by Crippen LogP contribution is -2.27. The van der Waals surface area contributed by atoms with Gasteiger partial charge in [-0.15, -0.1) is 0 Å². The second-order valence-corrected chi connectivity index (χ2v) is 5.99. The molecule has 0 heterocycles. The van der Waals surface area contributed by atoms with E-state index in [9.17, 15) is 9.59 Å². The van der Waals surface area contributed by atoms with Gasteiger partial charge < -0.3 is 15.2 Å². The summed E-state index contributed by atoms with van der Waals surface area (Å²) in [7, 11) is 0. The molecule has 0 aliphatic heterocycles. The van der Waals surface area contributed by atoms with Crippen LogP contribution in [0, 0.1) is 19.8 Å². The number of hydrogen-bond donors (Lipinski definition) is 2. The Balaban J connectivity index is 2.03. The molecule has 5 heteroatoms. The molecular formula is C17H23NO4. The summed E-state index contributed by atoms with van der Waals surface area (Å²) in [5.41, 5.74) is 2.14. The van der Waals surface area contributed by atoms with Crippen LogP contribution in [-0.4, -0.2) is 29.6 Å². The van der Waals surface area contributed by atoms with E-state index < -0.39 is 5.97 Å². The van der Waals surface area contributed by atoms with Crippen molar-refractivity contribution in [3.05, 3.63) is 28.8 Å². The first-order valence-corrected chi connectivity index (χ1v) is 7.69. The van der Waals surface area contributed by atoms with Gasteiger partial charge in [0.05, 0.1) is 0 Å². The summed E-state index contributed by atoms with van der Waals surface area (Å²) in [5.74, 6) is 0.0689. The third-order valence-electron chi connectivity index (χ3n) is 3.96. The van der Waals surface area contributed by atoms with Crippen LogP contribution in [-0.2, 0) is 4.79 Å². The molecule has 1 aromatic carbocycles. The fourth-order valence-corrected chi connectivity index (χ4v) is 2.81. The van der Waals surface area contributed by atoms with Crippen LogP contribution in [0.3, 0.4) is 0 Å². The quantitative estimate of drug-likeness (QED) is 0.812. The number of carbonyl (C=O) groups excluding carboxylic acids is 1. The van der Waals surface area contributed by atoms with E-state index in [1.165, 1.54) is 0 Å². The predicted octanol–water partition coefficient (Wildman–Crippen LogP) is 2.69. The van der Waals surface area contributed by atoms with Crippen molar-refractivity contribution in [2.45, 2.75) is 46.1 Å². The van der Waals surface area contributed by atoms with E-state index in [0.29, 0.717) is 23.3 Å². The maximum atomic E-state index is 12.3. The Bertz CT molecular complexity index is 559. The highest BCUT2D eigenvalue weighted by atomic mass is 16.5. The van der Waals surface area contributed by atoms with E-state index in [1.807, 2.05) is 13.8 Å². The van der Waals surface area contributed by atoms with Crippen LogP contribution in [0.4, 0.5) is 0 Å². The average Bonchev–Trinajstić information content (AvgIpc) is 3.15. The zero-order valence-electron chi connectivity index (χ0n) is 13.3. The van der Waals surface area contributed by atoms with Gasteiger partial charge in [-0.3, -0.25) is 4.79 Å². The van der Waals surface area contributed by atoms with Crippen LogP contribution >= 0.6 is 0 Å². The van der Waals surface area contributed by atoms with E-state index >= 15 is 0 Å². The lowest BCUT2D eigenvalue weighted by Gasteiger charge is -2.13. The Morgan fingerprint density at radius 2 is 1.95 bits per heavy atom. The molecule has 0 bridgehead atoms. The van der Waals surface area contributed by atoms with Gasteiger partial charge in [0.1, 0.15) is 5.75 Å². The van der Waals surface area contributed by atoms with Gasteiger partial charge in [-0.2, -0.15) is 0 Å². The number of carbonyl (C=O) groups is 2. The number of amides is 1. The third kappa shape index (κ3) is 4.00. The standard InChI is InChI=1S/C17H23NO4/c1-4-5-12-8-14(12)18-17(21)13-6-10(2)16(11(3)7-13)22-9-15(19)20/h6-7,12,14H,4-5,8-9H2,1-3H3,(H,18,21)(H,19,20). The topological polar surface area (TPSA) is 75.6 Å². The van der Waals surface area contributed by atoms with Crippen molar-refractivity contribution in [3.63, 3.8) is 0 Å². The van der Waals surface area contributed by atoms with Crippen molar-refractivity contribution in [3.8, 4) is 5.75 Å². The first-order chi connectivity index (χ1) is 10.4. The van der Waals surface area contributed by atoms with Crippen LogP contribution in [0.1, 0.15) is 47.7 Å². The van der Waals surface area contributed by atoms with Gasteiger partial charge in [-0.1, -0.05) is 13.3 Å². The summed E-state index contributed by atoms with van der Waals surface area (Å²) in [5, 5.41) is 11.7. The van der Waals surface area contributed by atoms with E-state index in [1.54, 1.807) is 12.1 Å². The molecule has 0 saturated heterocycles. The Labute approximate surface area is 130 Å². The van der Waals surface area contributed by atoms with Gasteiger partial charge in [-0.25, -0.2) is 4.79 Å². The molecule has 5 nitrogen and oxygen atoms in total. The van der Waals surface area contributed by atoms with E-state index in [0.717, 1.165) is 30.4 Å². The summed E-state index contributed by atoms with van der Waals surface area (Å²) < 4.78 is 5.27. The molecule has 2 unspecified atom stereocenters. The highest BCUT2D eigenvalue weighted by molar-refractivity contribution is 5.95. The second-order valence-electron chi connectivity index (χ2n) is 5.99. The average molecular weight is 305 g/mol. The molecule has 2 rings (SSSR count).